The monoisotopic (exact) mass is 319 g/mol. The van der Waals surface area contributed by atoms with E-state index in [0.29, 0.717) is 18.8 Å². The van der Waals surface area contributed by atoms with Crippen LogP contribution in [0.1, 0.15) is 17.5 Å². The molecule has 1 saturated heterocycles. The van der Waals surface area contributed by atoms with Crippen LogP contribution in [0.5, 0.6) is 5.75 Å². The molecule has 23 heavy (non-hydrogen) atoms. The van der Waals surface area contributed by atoms with Crippen molar-refractivity contribution in [2.75, 3.05) is 40.0 Å². The molecule has 6 heteroatoms. The van der Waals surface area contributed by atoms with Crippen LogP contribution in [-0.2, 0) is 9.47 Å². The summed E-state index contributed by atoms with van der Waals surface area (Å²) in [5, 5.41) is 0.812. The summed E-state index contributed by atoms with van der Waals surface area (Å²) in [4.78, 5) is 13.9. The Morgan fingerprint density at radius 3 is 3.04 bits per heavy atom. The molecule has 0 N–H and O–H groups in total. The molecular weight excluding hydrogens is 298 g/mol. The van der Waals surface area contributed by atoms with Gasteiger partial charge >= 0.3 is 5.97 Å². The van der Waals surface area contributed by atoms with Gasteiger partial charge in [0.05, 0.1) is 13.2 Å². The average Bonchev–Trinajstić information content (AvgIpc) is 2.96. The fourth-order valence-corrected chi connectivity index (χ4v) is 2.57. The maximum absolute atomic E-state index is 11.7. The van der Waals surface area contributed by atoms with Crippen molar-refractivity contribution in [1.82, 2.24) is 4.90 Å². The molecule has 3 rings (SSSR count). The fourth-order valence-electron chi connectivity index (χ4n) is 2.57. The molecule has 1 aromatic carbocycles. The van der Waals surface area contributed by atoms with E-state index in [1.165, 1.54) is 0 Å². The lowest BCUT2D eigenvalue weighted by Gasteiger charge is -2.29. The molecule has 0 unspecified atom stereocenters. The van der Waals surface area contributed by atoms with Gasteiger partial charge in [0.2, 0.25) is 5.76 Å². The van der Waals surface area contributed by atoms with Crippen molar-refractivity contribution >= 4 is 16.9 Å². The summed E-state index contributed by atoms with van der Waals surface area (Å²) in [5.41, 5.74) is 0.633. The van der Waals surface area contributed by atoms with Crippen LogP contribution in [0.2, 0.25) is 0 Å². The van der Waals surface area contributed by atoms with Gasteiger partial charge in [-0.1, -0.05) is 0 Å². The molecule has 1 aliphatic rings. The van der Waals surface area contributed by atoms with Gasteiger partial charge in [0, 0.05) is 18.5 Å². The van der Waals surface area contributed by atoms with E-state index in [4.69, 9.17) is 18.6 Å². The van der Waals surface area contributed by atoms with E-state index in [-0.39, 0.29) is 11.9 Å². The summed E-state index contributed by atoms with van der Waals surface area (Å²) < 4.78 is 21.9. The molecule has 0 aliphatic carbocycles. The third kappa shape index (κ3) is 3.83. The number of benzene rings is 1. The van der Waals surface area contributed by atoms with Crippen molar-refractivity contribution in [3.8, 4) is 5.75 Å². The van der Waals surface area contributed by atoms with Gasteiger partial charge in [-0.2, -0.15) is 0 Å². The second-order valence-electron chi connectivity index (χ2n) is 5.60. The van der Waals surface area contributed by atoms with Gasteiger partial charge in [-0.25, -0.2) is 4.79 Å². The SMILES string of the molecule is CCOC(=O)c1cc2cc(OC[C@H]3CN(C)CCO3)ccc2o1. The second-order valence-corrected chi connectivity index (χ2v) is 5.60. The number of fused-ring (bicyclic) bond motifs is 1. The largest absolute Gasteiger partial charge is 0.491 e. The number of morpholine rings is 1. The number of hydrogen-bond acceptors (Lipinski definition) is 6. The molecule has 1 aromatic heterocycles. The first-order valence-electron chi connectivity index (χ1n) is 7.79. The highest BCUT2D eigenvalue weighted by molar-refractivity contribution is 5.92. The van der Waals surface area contributed by atoms with E-state index < -0.39 is 5.97 Å². The zero-order chi connectivity index (χ0) is 16.2. The predicted octanol–water partition coefficient (Wildman–Crippen LogP) is 2.32. The first kappa shape index (κ1) is 15.8. The Balaban J connectivity index is 1.66. The molecule has 2 heterocycles. The van der Waals surface area contributed by atoms with Crippen molar-refractivity contribution in [3.63, 3.8) is 0 Å². The zero-order valence-electron chi connectivity index (χ0n) is 13.4. The summed E-state index contributed by atoms with van der Waals surface area (Å²) in [6.07, 6.45) is 0.0730. The standard InChI is InChI=1S/C17H21NO5/c1-3-20-17(19)16-9-12-8-13(4-5-15(12)23-16)22-11-14-10-18(2)6-7-21-14/h4-5,8-9,14H,3,6-7,10-11H2,1-2H3/t14-/m1/s1. The van der Waals surface area contributed by atoms with Gasteiger partial charge in [0.15, 0.2) is 0 Å². The van der Waals surface area contributed by atoms with Crippen LogP contribution in [0.25, 0.3) is 11.0 Å². The third-order valence-electron chi connectivity index (χ3n) is 3.74. The Morgan fingerprint density at radius 1 is 1.39 bits per heavy atom. The van der Waals surface area contributed by atoms with Crippen LogP contribution in [0.15, 0.2) is 28.7 Å². The van der Waals surface area contributed by atoms with E-state index in [9.17, 15) is 4.79 Å². The van der Waals surface area contributed by atoms with Gasteiger partial charge in [-0.05, 0) is 38.2 Å². The van der Waals surface area contributed by atoms with Crippen LogP contribution < -0.4 is 4.74 Å². The van der Waals surface area contributed by atoms with Gasteiger partial charge < -0.3 is 23.5 Å². The molecule has 0 radical (unpaired) electrons. The Labute approximate surface area is 134 Å². The fraction of sp³-hybridized carbons (Fsp3) is 0.471. The van der Waals surface area contributed by atoms with E-state index in [0.717, 1.165) is 30.8 Å². The number of nitrogens with zero attached hydrogens (tertiary/aromatic N) is 1. The summed E-state index contributed by atoms with van der Waals surface area (Å²) in [6.45, 7) is 5.12. The number of furan rings is 1. The third-order valence-corrected chi connectivity index (χ3v) is 3.74. The van der Waals surface area contributed by atoms with Crippen LogP contribution in [-0.4, -0.2) is 56.9 Å². The Morgan fingerprint density at radius 2 is 2.26 bits per heavy atom. The van der Waals surface area contributed by atoms with Gasteiger partial charge in [-0.15, -0.1) is 0 Å². The molecule has 124 valence electrons. The second kappa shape index (κ2) is 7.02. The van der Waals surface area contributed by atoms with Crippen molar-refractivity contribution in [1.29, 1.82) is 0 Å². The number of ether oxygens (including phenoxy) is 3. The highest BCUT2D eigenvalue weighted by Crippen LogP contribution is 2.25. The lowest BCUT2D eigenvalue weighted by atomic mass is 10.2. The van der Waals surface area contributed by atoms with Gasteiger partial charge in [-0.3, -0.25) is 0 Å². The first-order valence-corrected chi connectivity index (χ1v) is 7.79. The van der Waals surface area contributed by atoms with E-state index in [1.54, 1.807) is 19.1 Å². The maximum Gasteiger partial charge on any atom is 0.374 e. The van der Waals surface area contributed by atoms with Gasteiger partial charge in [0.1, 0.15) is 24.0 Å². The van der Waals surface area contributed by atoms with Crippen LogP contribution in [0.4, 0.5) is 0 Å². The molecule has 0 spiro atoms. The van der Waals surface area contributed by atoms with Crippen molar-refractivity contribution in [2.24, 2.45) is 0 Å². The smallest absolute Gasteiger partial charge is 0.374 e. The molecular formula is C17H21NO5. The minimum absolute atomic E-state index is 0.0730. The van der Waals surface area contributed by atoms with Crippen LogP contribution >= 0.6 is 0 Å². The summed E-state index contributed by atoms with van der Waals surface area (Å²) in [5.74, 6) is 0.478. The number of esters is 1. The zero-order valence-corrected chi connectivity index (χ0v) is 13.4. The Bertz CT molecular complexity index is 681. The number of likely N-dealkylation sites (N-methyl/N-ethyl adjacent to an activating group) is 1. The molecule has 0 bridgehead atoms. The Kier molecular flexibility index (Phi) is 4.83. The van der Waals surface area contributed by atoms with E-state index >= 15 is 0 Å². The van der Waals surface area contributed by atoms with E-state index in [1.807, 2.05) is 12.1 Å². The number of carbonyl (C=O) groups is 1. The number of carbonyl (C=O) groups excluding carboxylic acids is 1. The molecule has 0 saturated carbocycles. The molecule has 2 aromatic rings. The Hall–Kier alpha value is -2.05. The summed E-state index contributed by atoms with van der Waals surface area (Å²) in [6, 6.07) is 7.15. The molecule has 1 fully saturated rings. The quantitative estimate of drug-likeness (QED) is 0.788. The molecule has 0 amide bonds. The minimum atomic E-state index is -0.454. The van der Waals surface area contributed by atoms with Crippen LogP contribution in [0.3, 0.4) is 0 Å². The minimum Gasteiger partial charge on any atom is -0.491 e. The highest BCUT2D eigenvalue weighted by atomic mass is 16.5. The molecule has 1 aliphatic heterocycles. The number of hydrogen-bond donors (Lipinski definition) is 0. The maximum atomic E-state index is 11.7. The van der Waals surface area contributed by atoms with E-state index in [2.05, 4.69) is 11.9 Å². The summed E-state index contributed by atoms with van der Waals surface area (Å²) in [7, 11) is 2.07. The van der Waals surface area contributed by atoms with Crippen molar-refractivity contribution < 1.29 is 23.4 Å². The lowest BCUT2D eigenvalue weighted by Crippen LogP contribution is -2.42. The highest BCUT2D eigenvalue weighted by Gasteiger charge is 2.18. The molecule has 1 atom stereocenters. The van der Waals surface area contributed by atoms with Crippen molar-refractivity contribution in [2.45, 2.75) is 13.0 Å². The lowest BCUT2D eigenvalue weighted by molar-refractivity contribution is -0.0403. The molecule has 6 nitrogen and oxygen atoms in total. The average molecular weight is 319 g/mol. The van der Waals surface area contributed by atoms with Crippen molar-refractivity contribution in [3.05, 3.63) is 30.0 Å². The predicted molar refractivity (Wildman–Crippen MR) is 84.9 cm³/mol. The normalized spacial score (nSPS) is 19.0. The van der Waals surface area contributed by atoms with Gasteiger partial charge in [0.25, 0.3) is 0 Å². The summed E-state index contributed by atoms with van der Waals surface area (Å²) >= 11 is 0. The number of rotatable bonds is 5. The van der Waals surface area contributed by atoms with Crippen LogP contribution in [0, 0.1) is 0 Å². The first-order chi connectivity index (χ1) is 11.2. The topological polar surface area (TPSA) is 61.1 Å².